The van der Waals surface area contributed by atoms with Gasteiger partial charge in [0, 0.05) is 11.1 Å². The van der Waals surface area contributed by atoms with Crippen LogP contribution in [0.25, 0.3) is 0 Å². The number of carbonyl (C=O) groups excluding carboxylic acids is 1. The van der Waals surface area contributed by atoms with Crippen molar-refractivity contribution in [1.29, 1.82) is 0 Å². The highest BCUT2D eigenvalue weighted by Gasteiger charge is 2.44. The summed E-state index contributed by atoms with van der Waals surface area (Å²) < 4.78 is 0. The Balaban J connectivity index is 2.32. The summed E-state index contributed by atoms with van der Waals surface area (Å²) in [6, 6.07) is -0.598. The van der Waals surface area contributed by atoms with Crippen LogP contribution < -0.4 is 11.2 Å². The van der Waals surface area contributed by atoms with Crippen molar-refractivity contribution in [2.45, 2.75) is 66.7 Å². The monoisotopic (exact) mass is 291 g/mol. The largest absolute Gasteiger partial charge is 0.350 e. The zero-order valence-electron chi connectivity index (χ0n) is 14.0. The smallest absolute Gasteiger partial charge is 0.332 e. The van der Waals surface area contributed by atoms with Gasteiger partial charge < -0.3 is 5.73 Å². The third-order valence-electron chi connectivity index (χ3n) is 5.87. The van der Waals surface area contributed by atoms with Crippen molar-refractivity contribution >= 4 is 11.7 Å². The van der Waals surface area contributed by atoms with Crippen LogP contribution in [0.4, 0.5) is 4.79 Å². The molecule has 21 heavy (non-hydrogen) atoms. The predicted octanol–water partition coefficient (Wildman–Crippen LogP) is 3.97. The van der Waals surface area contributed by atoms with Crippen molar-refractivity contribution in [2.24, 2.45) is 27.6 Å². The highest BCUT2D eigenvalue weighted by Crippen LogP contribution is 2.54. The lowest BCUT2D eigenvalue weighted by atomic mass is 9.57. The zero-order chi connectivity index (χ0) is 15.8. The van der Waals surface area contributed by atoms with Crippen LogP contribution in [0, 0.1) is 16.7 Å². The van der Waals surface area contributed by atoms with Crippen LogP contribution in [0.3, 0.4) is 0 Å². The maximum Gasteiger partial charge on any atom is 0.332 e. The van der Waals surface area contributed by atoms with Crippen LogP contribution in [0.2, 0.25) is 0 Å². The Bertz CT molecular complexity index is 504. The fourth-order valence-electron chi connectivity index (χ4n) is 4.00. The Kier molecular flexibility index (Phi) is 4.18. The predicted molar refractivity (Wildman–Crippen MR) is 87.0 cm³/mol. The number of primary amides is 1. The van der Waals surface area contributed by atoms with E-state index in [-0.39, 0.29) is 5.41 Å². The molecule has 0 fully saturated rings. The van der Waals surface area contributed by atoms with Crippen LogP contribution in [0.1, 0.15) is 66.7 Å². The average molecular weight is 291 g/mol. The van der Waals surface area contributed by atoms with Crippen molar-refractivity contribution in [3.8, 4) is 0 Å². The number of allylic oxidation sites excluding steroid dienone is 2. The molecule has 0 aromatic heterocycles. The lowest BCUT2D eigenvalue weighted by Crippen LogP contribution is -2.41. The highest BCUT2D eigenvalue weighted by atomic mass is 16.2. The maximum atomic E-state index is 10.9. The minimum Gasteiger partial charge on any atom is -0.350 e. The molecule has 2 amide bonds. The maximum absolute atomic E-state index is 10.9. The molecule has 0 aromatic carbocycles. The minimum atomic E-state index is -0.598. The lowest BCUT2D eigenvalue weighted by Gasteiger charge is -2.48. The van der Waals surface area contributed by atoms with Gasteiger partial charge in [-0.05, 0) is 50.4 Å². The van der Waals surface area contributed by atoms with Gasteiger partial charge in [-0.3, -0.25) is 0 Å². The Morgan fingerprint density at radius 3 is 2.67 bits per heavy atom. The van der Waals surface area contributed by atoms with E-state index in [1.54, 1.807) is 11.1 Å². The second-order valence-electron chi connectivity index (χ2n) is 7.69. The number of amides is 2. The second kappa shape index (κ2) is 5.47. The van der Waals surface area contributed by atoms with Crippen LogP contribution in [-0.2, 0) is 0 Å². The van der Waals surface area contributed by atoms with Gasteiger partial charge in [0.15, 0.2) is 0 Å². The fourth-order valence-corrected chi connectivity index (χ4v) is 4.00. The van der Waals surface area contributed by atoms with Crippen LogP contribution in [-0.4, -0.2) is 11.7 Å². The van der Waals surface area contributed by atoms with Gasteiger partial charge in [-0.15, -0.1) is 0 Å². The second-order valence-corrected chi connectivity index (χ2v) is 7.69. The summed E-state index contributed by atoms with van der Waals surface area (Å²) in [4.78, 5) is 10.9. The molecule has 0 radical (unpaired) electrons. The Labute approximate surface area is 128 Å². The molecule has 3 N–H and O–H groups in total. The van der Waals surface area contributed by atoms with Crippen molar-refractivity contribution in [1.82, 2.24) is 5.43 Å². The van der Waals surface area contributed by atoms with E-state index in [0.717, 1.165) is 18.6 Å². The number of carbonyl (C=O) groups is 1. The molecule has 0 aromatic rings. The van der Waals surface area contributed by atoms with Gasteiger partial charge in [0.25, 0.3) is 0 Å². The Morgan fingerprint density at radius 2 is 2.05 bits per heavy atom. The van der Waals surface area contributed by atoms with Crippen LogP contribution in [0.15, 0.2) is 16.2 Å². The number of nitrogens with two attached hydrogens (primary N) is 1. The van der Waals surface area contributed by atoms with Gasteiger partial charge in [-0.1, -0.05) is 38.8 Å². The normalized spacial score (nSPS) is 32.6. The summed E-state index contributed by atoms with van der Waals surface area (Å²) in [5, 5.41) is 4.22. The quantitative estimate of drug-likeness (QED) is 0.451. The first-order valence-corrected chi connectivity index (χ1v) is 7.98. The van der Waals surface area contributed by atoms with Gasteiger partial charge >= 0.3 is 6.03 Å². The first-order chi connectivity index (χ1) is 9.67. The third-order valence-corrected chi connectivity index (χ3v) is 5.87. The van der Waals surface area contributed by atoms with Gasteiger partial charge in [0.2, 0.25) is 0 Å². The first-order valence-electron chi connectivity index (χ1n) is 7.98. The summed E-state index contributed by atoms with van der Waals surface area (Å²) in [5.41, 5.74) is 12.1. The third kappa shape index (κ3) is 2.99. The van der Waals surface area contributed by atoms with Crippen molar-refractivity contribution < 1.29 is 4.79 Å². The molecule has 0 saturated heterocycles. The van der Waals surface area contributed by atoms with Gasteiger partial charge in [0.1, 0.15) is 0 Å². The van der Waals surface area contributed by atoms with E-state index in [0.29, 0.717) is 11.3 Å². The topological polar surface area (TPSA) is 67.5 Å². The molecule has 0 heterocycles. The zero-order valence-corrected chi connectivity index (χ0v) is 14.0. The standard InChI is InChI=1S/C17H29N3O/c1-11-9-13-7-6-8-16(3,4)14(13)10-17(11,5)12(2)19-20-15(18)21/h11H,6-10H2,1-5H3,(H3,18,20,21)/b19-12-/t11-,17-/m1/s1. The molecule has 0 spiro atoms. The molecule has 0 saturated carbocycles. The van der Waals surface area contributed by atoms with Crippen molar-refractivity contribution in [3.63, 3.8) is 0 Å². The summed E-state index contributed by atoms with van der Waals surface area (Å²) in [7, 11) is 0. The molecule has 4 nitrogen and oxygen atoms in total. The first kappa shape index (κ1) is 16.1. The van der Waals surface area contributed by atoms with Crippen LogP contribution in [0.5, 0.6) is 0 Å². The highest BCUT2D eigenvalue weighted by molar-refractivity contribution is 5.89. The molecule has 2 aliphatic rings. The number of rotatable bonds is 2. The lowest BCUT2D eigenvalue weighted by molar-refractivity contribution is 0.222. The van der Waals surface area contributed by atoms with Crippen molar-refractivity contribution in [2.75, 3.05) is 0 Å². The van der Waals surface area contributed by atoms with E-state index in [4.69, 9.17) is 5.73 Å². The number of nitrogens with one attached hydrogen (secondary N) is 1. The summed E-state index contributed by atoms with van der Waals surface area (Å²) in [6.45, 7) is 11.3. The number of hydrazone groups is 1. The molecule has 0 unspecified atom stereocenters. The Morgan fingerprint density at radius 1 is 1.38 bits per heavy atom. The molecule has 2 aliphatic carbocycles. The SMILES string of the molecule is C/C(=N/NC(N)=O)[C@]1(C)CC2=C(CCCC2(C)C)C[C@H]1C. The van der Waals surface area contributed by atoms with Crippen molar-refractivity contribution in [3.05, 3.63) is 11.1 Å². The Hall–Kier alpha value is -1.32. The molecule has 0 bridgehead atoms. The molecule has 118 valence electrons. The fraction of sp³-hybridized carbons (Fsp3) is 0.765. The van der Waals surface area contributed by atoms with E-state index in [1.165, 1.54) is 19.3 Å². The van der Waals surface area contributed by atoms with Gasteiger partial charge in [-0.2, -0.15) is 5.10 Å². The van der Waals surface area contributed by atoms with E-state index in [1.807, 2.05) is 6.92 Å². The number of urea groups is 1. The molecule has 2 rings (SSSR count). The van der Waals surface area contributed by atoms with E-state index in [9.17, 15) is 4.79 Å². The molecular formula is C17H29N3O. The molecular weight excluding hydrogens is 262 g/mol. The number of hydrogen-bond acceptors (Lipinski definition) is 2. The summed E-state index contributed by atoms with van der Waals surface area (Å²) in [5.74, 6) is 0.531. The van der Waals surface area contributed by atoms with E-state index < -0.39 is 6.03 Å². The van der Waals surface area contributed by atoms with E-state index >= 15 is 0 Å². The molecule has 4 heteroatoms. The number of hydrogen-bond donors (Lipinski definition) is 2. The summed E-state index contributed by atoms with van der Waals surface area (Å²) >= 11 is 0. The van der Waals surface area contributed by atoms with Crippen LogP contribution >= 0.6 is 0 Å². The van der Waals surface area contributed by atoms with Gasteiger partial charge in [0.05, 0.1) is 0 Å². The molecule has 2 atom stereocenters. The minimum absolute atomic E-state index is 0.00407. The van der Waals surface area contributed by atoms with E-state index in [2.05, 4.69) is 38.2 Å². The average Bonchev–Trinajstić information content (AvgIpc) is 2.38. The number of nitrogens with zero attached hydrogens (tertiary/aromatic N) is 1. The summed E-state index contributed by atoms with van der Waals surface area (Å²) in [6.07, 6.45) is 6.04. The van der Waals surface area contributed by atoms with Gasteiger partial charge in [-0.25, -0.2) is 10.2 Å². The molecule has 0 aliphatic heterocycles.